The third-order valence-corrected chi connectivity index (χ3v) is 4.71. The Hall–Kier alpha value is -1.09. The first-order valence-electron chi connectivity index (χ1n) is 7.90. The number of halogens is 1. The SMILES string of the molecule is CC(C)C1CCN(c2ccc(F)cc2CNC2CC2)C1. The molecular formula is C17H25FN2. The van der Waals surface area contributed by atoms with Crippen molar-refractivity contribution in [2.45, 2.75) is 45.7 Å². The lowest BCUT2D eigenvalue weighted by Gasteiger charge is -2.23. The summed E-state index contributed by atoms with van der Waals surface area (Å²) in [6, 6.07) is 5.92. The molecule has 2 nitrogen and oxygen atoms in total. The monoisotopic (exact) mass is 276 g/mol. The maximum Gasteiger partial charge on any atom is 0.123 e. The van der Waals surface area contributed by atoms with Gasteiger partial charge in [0.05, 0.1) is 0 Å². The Morgan fingerprint density at radius 3 is 2.75 bits per heavy atom. The molecule has 0 radical (unpaired) electrons. The molecule has 1 aliphatic heterocycles. The molecule has 1 aliphatic carbocycles. The highest BCUT2D eigenvalue weighted by atomic mass is 19.1. The van der Waals surface area contributed by atoms with Crippen molar-refractivity contribution >= 4 is 5.69 Å². The van der Waals surface area contributed by atoms with Gasteiger partial charge in [0.15, 0.2) is 0 Å². The lowest BCUT2D eigenvalue weighted by atomic mass is 9.95. The van der Waals surface area contributed by atoms with Gasteiger partial charge in [-0.15, -0.1) is 0 Å². The van der Waals surface area contributed by atoms with Crippen LogP contribution < -0.4 is 10.2 Å². The number of hydrogen-bond acceptors (Lipinski definition) is 2. The predicted molar refractivity (Wildman–Crippen MR) is 81.4 cm³/mol. The molecule has 1 heterocycles. The Morgan fingerprint density at radius 2 is 2.10 bits per heavy atom. The van der Waals surface area contributed by atoms with Crippen molar-refractivity contribution in [1.29, 1.82) is 0 Å². The van der Waals surface area contributed by atoms with Gasteiger partial charge in [-0.1, -0.05) is 13.8 Å². The second-order valence-electron chi connectivity index (χ2n) is 6.67. The molecule has 1 N–H and O–H groups in total. The molecule has 1 unspecified atom stereocenters. The number of rotatable bonds is 5. The molecule has 2 aliphatic rings. The van der Waals surface area contributed by atoms with E-state index in [0.29, 0.717) is 6.04 Å². The van der Waals surface area contributed by atoms with E-state index in [-0.39, 0.29) is 5.82 Å². The summed E-state index contributed by atoms with van der Waals surface area (Å²) in [6.07, 6.45) is 3.79. The van der Waals surface area contributed by atoms with Gasteiger partial charge < -0.3 is 10.2 Å². The molecule has 3 heteroatoms. The van der Waals surface area contributed by atoms with Crippen LogP contribution in [-0.4, -0.2) is 19.1 Å². The van der Waals surface area contributed by atoms with Crippen LogP contribution in [0.4, 0.5) is 10.1 Å². The summed E-state index contributed by atoms with van der Waals surface area (Å²) in [5.41, 5.74) is 2.34. The fourth-order valence-electron chi connectivity index (χ4n) is 3.10. The zero-order chi connectivity index (χ0) is 14.1. The van der Waals surface area contributed by atoms with E-state index >= 15 is 0 Å². The average Bonchev–Trinajstić information content (AvgIpc) is 3.11. The van der Waals surface area contributed by atoms with Crippen molar-refractivity contribution in [2.75, 3.05) is 18.0 Å². The molecule has 1 atom stereocenters. The van der Waals surface area contributed by atoms with Crippen LogP contribution in [0.2, 0.25) is 0 Å². The molecule has 3 rings (SSSR count). The molecule has 1 aromatic rings. The fourth-order valence-corrected chi connectivity index (χ4v) is 3.10. The minimum absolute atomic E-state index is 0.124. The van der Waals surface area contributed by atoms with E-state index in [1.54, 1.807) is 12.1 Å². The Kier molecular flexibility index (Phi) is 3.97. The number of benzene rings is 1. The van der Waals surface area contributed by atoms with Crippen molar-refractivity contribution in [3.8, 4) is 0 Å². The number of nitrogens with zero attached hydrogens (tertiary/aromatic N) is 1. The van der Waals surface area contributed by atoms with Gasteiger partial charge >= 0.3 is 0 Å². The van der Waals surface area contributed by atoms with Gasteiger partial charge in [-0.2, -0.15) is 0 Å². The van der Waals surface area contributed by atoms with Crippen LogP contribution in [0.3, 0.4) is 0 Å². The maximum atomic E-state index is 13.5. The van der Waals surface area contributed by atoms with E-state index in [0.717, 1.165) is 37.0 Å². The van der Waals surface area contributed by atoms with Gasteiger partial charge in [0.2, 0.25) is 0 Å². The fraction of sp³-hybridized carbons (Fsp3) is 0.647. The minimum Gasteiger partial charge on any atom is -0.371 e. The van der Waals surface area contributed by atoms with E-state index in [4.69, 9.17) is 0 Å². The molecule has 0 amide bonds. The Bertz CT molecular complexity index is 468. The summed E-state index contributed by atoms with van der Waals surface area (Å²) in [5.74, 6) is 1.37. The van der Waals surface area contributed by atoms with E-state index in [2.05, 4.69) is 24.1 Å². The average molecular weight is 276 g/mol. The van der Waals surface area contributed by atoms with Crippen LogP contribution in [0.15, 0.2) is 18.2 Å². The predicted octanol–water partition coefficient (Wildman–Crippen LogP) is 3.56. The number of hydrogen-bond donors (Lipinski definition) is 1. The van der Waals surface area contributed by atoms with Crippen molar-refractivity contribution in [1.82, 2.24) is 5.32 Å². The second kappa shape index (κ2) is 5.72. The summed E-state index contributed by atoms with van der Waals surface area (Å²) in [5, 5.41) is 3.50. The zero-order valence-corrected chi connectivity index (χ0v) is 12.5. The molecule has 0 spiro atoms. The first-order valence-corrected chi connectivity index (χ1v) is 7.90. The van der Waals surface area contributed by atoms with Gasteiger partial charge in [-0.05, 0) is 54.9 Å². The highest BCUT2D eigenvalue weighted by molar-refractivity contribution is 5.54. The Balaban J connectivity index is 1.74. The third kappa shape index (κ3) is 3.14. The van der Waals surface area contributed by atoms with Crippen molar-refractivity contribution in [3.63, 3.8) is 0 Å². The van der Waals surface area contributed by atoms with Crippen LogP contribution in [0, 0.1) is 17.7 Å². The molecule has 110 valence electrons. The Morgan fingerprint density at radius 1 is 1.30 bits per heavy atom. The van der Waals surface area contributed by atoms with Gasteiger partial charge in [-0.3, -0.25) is 0 Å². The van der Waals surface area contributed by atoms with Crippen LogP contribution in [0.25, 0.3) is 0 Å². The van der Waals surface area contributed by atoms with Crippen LogP contribution in [-0.2, 0) is 6.54 Å². The standard InChI is InChI=1S/C17H25FN2/c1-12(2)13-7-8-20(11-13)17-6-3-15(18)9-14(17)10-19-16-4-5-16/h3,6,9,12-13,16,19H,4-5,7-8,10-11H2,1-2H3. The van der Waals surface area contributed by atoms with Crippen LogP contribution in [0.1, 0.15) is 38.7 Å². The maximum absolute atomic E-state index is 13.5. The normalized spacial score (nSPS) is 22.8. The molecule has 1 saturated carbocycles. The second-order valence-corrected chi connectivity index (χ2v) is 6.67. The number of nitrogens with one attached hydrogen (secondary N) is 1. The van der Waals surface area contributed by atoms with Crippen molar-refractivity contribution < 1.29 is 4.39 Å². The summed E-state index contributed by atoms with van der Waals surface area (Å²) >= 11 is 0. The van der Waals surface area contributed by atoms with Gasteiger partial charge in [-0.25, -0.2) is 4.39 Å². The summed E-state index contributed by atoms with van der Waals surface area (Å²) in [6.45, 7) is 7.61. The molecule has 2 fully saturated rings. The highest BCUT2D eigenvalue weighted by Crippen LogP contribution is 2.31. The molecular weight excluding hydrogens is 251 g/mol. The highest BCUT2D eigenvalue weighted by Gasteiger charge is 2.27. The zero-order valence-electron chi connectivity index (χ0n) is 12.5. The minimum atomic E-state index is -0.124. The lowest BCUT2D eigenvalue weighted by molar-refractivity contribution is 0.422. The molecule has 1 aromatic carbocycles. The smallest absolute Gasteiger partial charge is 0.123 e. The number of anilines is 1. The van der Waals surface area contributed by atoms with Gasteiger partial charge in [0.25, 0.3) is 0 Å². The van der Waals surface area contributed by atoms with Crippen molar-refractivity contribution in [2.24, 2.45) is 11.8 Å². The van der Waals surface area contributed by atoms with E-state index in [1.807, 2.05) is 6.07 Å². The van der Waals surface area contributed by atoms with E-state index in [9.17, 15) is 4.39 Å². The molecule has 0 bridgehead atoms. The lowest BCUT2D eigenvalue weighted by Crippen LogP contribution is -2.24. The molecule has 20 heavy (non-hydrogen) atoms. The largest absolute Gasteiger partial charge is 0.371 e. The van der Waals surface area contributed by atoms with Crippen LogP contribution >= 0.6 is 0 Å². The van der Waals surface area contributed by atoms with E-state index in [1.165, 1.54) is 24.9 Å². The molecule has 0 aromatic heterocycles. The topological polar surface area (TPSA) is 15.3 Å². The van der Waals surface area contributed by atoms with E-state index < -0.39 is 0 Å². The van der Waals surface area contributed by atoms with Crippen molar-refractivity contribution in [3.05, 3.63) is 29.6 Å². The first kappa shape index (κ1) is 13.9. The third-order valence-electron chi connectivity index (χ3n) is 4.71. The first-order chi connectivity index (χ1) is 9.63. The quantitative estimate of drug-likeness (QED) is 0.884. The Labute approximate surface area is 121 Å². The summed E-state index contributed by atoms with van der Waals surface area (Å²) in [7, 11) is 0. The summed E-state index contributed by atoms with van der Waals surface area (Å²) in [4.78, 5) is 2.44. The summed E-state index contributed by atoms with van der Waals surface area (Å²) < 4.78 is 13.5. The molecule has 1 saturated heterocycles. The van der Waals surface area contributed by atoms with Gasteiger partial charge in [0.1, 0.15) is 5.82 Å². The van der Waals surface area contributed by atoms with Gasteiger partial charge in [0, 0.05) is 31.4 Å². The van der Waals surface area contributed by atoms with Crippen LogP contribution in [0.5, 0.6) is 0 Å².